The van der Waals surface area contributed by atoms with Crippen LogP contribution in [0.5, 0.6) is 11.5 Å². The van der Waals surface area contributed by atoms with Gasteiger partial charge in [-0.1, -0.05) is 12.1 Å². The minimum absolute atomic E-state index is 0.306. The first-order chi connectivity index (χ1) is 13.8. The molecule has 0 radical (unpaired) electrons. The molecule has 0 unspecified atom stereocenters. The Kier molecular flexibility index (Phi) is 3.54. The summed E-state index contributed by atoms with van der Waals surface area (Å²) in [4.78, 5) is 9.78. The van der Waals surface area contributed by atoms with Gasteiger partial charge in [0.2, 0.25) is 6.79 Å². The Hall–Kier alpha value is -2.78. The molecule has 4 saturated heterocycles. The van der Waals surface area contributed by atoms with Crippen LogP contribution in [0.15, 0.2) is 36.4 Å². The number of nitrogens with zero attached hydrogens (tertiary/aromatic N) is 4. The van der Waals surface area contributed by atoms with Crippen LogP contribution < -0.4 is 14.4 Å². The van der Waals surface area contributed by atoms with E-state index in [0.717, 1.165) is 23.9 Å². The fraction of sp³-hybridized carbons (Fsp3) is 0.455. The second-order valence-corrected chi connectivity index (χ2v) is 8.22. The van der Waals surface area contributed by atoms with E-state index in [1.807, 2.05) is 12.1 Å². The zero-order valence-electron chi connectivity index (χ0n) is 15.6. The maximum absolute atomic E-state index is 9.30. The van der Waals surface area contributed by atoms with Crippen LogP contribution in [0.3, 0.4) is 0 Å². The third kappa shape index (κ3) is 2.33. The zero-order chi connectivity index (χ0) is 18.7. The van der Waals surface area contributed by atoms with Gasteiger partial charge in [0.1, 0.15) is 17.6 Å². The van der Waals surface area contributed by atoms with Crippen LogP contribution in [0, 0.1) is 17.2 Å². The van der Waals surface area contributed by atoms with Crippen molar-refractivity contribution >= 4 is 5.82 Å². The first-order valence-electron chi connectivity index (χ1n) is 10.1. The topological polar surface area (TPSA) is 61.6 Å². The molecule has 5 aliphatic heterocycles. The van der Waals surface area contributed by atoms with Crippen LogP contribution in [0.1, 0.15) is 30.0 Å². The summed E-state index contributed by atoms with van der Waals surface area (Å²) in [5, 5.41) is 9.30. The van der Waals surface area contributed by atoms with Crippen molar-refractivity contribution in [3.8, 4) is 17.6 Å². The summed E-state index contributed by atoms with van der Waals surface area (Å²) in [7, 11) is 0. The summed E-state index contributed by atoms with van der Waals surface area (Å²) in [6.45, 7) is 3.60. The number of pyridine rings is 1. The van der Waals surface area contributed by atoms with E-state index in [4.69, 9.17) is 9.47 Å². The number of nitriles is 1. The quantitative estimate of drug-likeness (QED) is 0.806. The minimum Gasteiger partial charge on any atom is -0.454 e. The highest BCUT2D eigenvalue weighted by Crippen LogP contribution is 2.48. The largest absolute Gasteiger partial charge is 0.454 e. The average Bonchev–Trinajstić information content (AvgIpc) is 3.40. The smallest absolute Gasteiger partial charge is 0.231 e. The SMILES string of the molecule is N#Cc1cccc(N2C[C@@H](c3ccc4c(c3)OCO4)[C@@H]3[C@H]2C2CCN3CC2)n1. The fourth-order valence-electron chi connectivity index (χ4n) is 5.77. The molecule has 0 amide bonds. The number of piperidine rings is 3. The maximum atomic E-state index is 9.30. The molecule has 5 aliphatic rings. The molecule has 6 heterocycles. The highest BCUT2D eigenvalue weighted by atomic mass is 16.7. The van der Waals surface area contributed by atoms with Gasteiger partial charge < -0.3 is 14.4 Å². The number of fused-ring (bicyclic) bond motifs is 3. The Bertz CT molecular complexity index is 963. The van der Waals surface area contributed by atoms with E-state index in [1.54, 1.807) is 6.07 Å². The first kappa shape index (κ1) is 16.2. The lowest BCUT2D eigenvalue weighted by atomic mass is 9.75. The van der Waals surface area contributed by atoms with Gasteiger partial charge in [0, 0.05) is 24.5 Å². The van der Waals surface area contributed by atoms with Gasteiger partial charge in [-0.25, -0.2) is 4.98 Å². The molecule has 1 aromatic heterocycles. The van der Waals surface area contributed by atoms with Gasteiger partial charge in [0.25, 0.3) is 0 Å². The van der Waals surface area contributed by atoms with Gasteiger partial charge >= 0.3 is 0 Å². The molecule has 4 fully saturated rings. The van der Waals surface area contributed by atoms with E-state index >= 15 is 0 Å². The van der Waals surface area contributed by atoms with E-state index < -0.39 is 0 Å². The van der Waals surface area contributed by atoms with E-state index in [9.17, 15) is 5.26 Å². The summed E-state index contributed by atoms with van der Waals surface area (Å²) >= 11 is 0. The van der Waals surface area contributed by atoms with Gasteiger partial charge in [-0.15, -0.1) is 0 Å². The van der Waals surface area contributed by atoms with Crippen LogP contribution >= 0.6 is 0 Å². The number of benzene rings is 1. The van der Waals surface area contributed by atoms with Crippen molar-refractivity contribution in [3.63, 3.8) is 0 Å². The zero-order valence-corrected chi connectivity index (χ0v) is 15.6. The Morgan fingerprint density at radius 2 is 1.89 bits per heavy atom. The molecule has 7 rings (SSSR count). The fourth-order valence-corrected chi connectivity index (χ4v) is 5.77. The molecule has 6 heteroatoms. The van der Waals surface area contributed by atoms with Crippen LogP contribution in [0.2, 0.25) is 0 Å². The van der Waals surface area contributed by atoms with Gasteiger partial charge in [-0.05, 0) is 61.7 Å². The summed E-state index contributed by atoms with van der Waals surface area (Å²) in [6.07, 6.45) is 2.51. The lowest BCUT2D eigenvalue weighted by molar-refractivity contribution is 0.0354. The molecule has 6 nitrogen and oxygen atoms in total. The van der Waals surface area contributed by atoms with Crippen molar-refractivity contribution in [2.75, 3.05) is 31.3 Å². The summed E-state index contributed by atoms with van der Waals surface area (Å²) in [6, 6.07) is 15.3. The Labute approximate surface area is 164 Å². The molecule has 0 N–H and O–H groups in total. The van der Waals surface area contributed by atoms with E-state index in [2.05, 4.69) is 39.1 Å². The number of rotatable bonds is 2. The Morgan fingerprint density at radius 3 is 2.75 bits per heavy atom. The number of hydrogen-bond donors (Lipinski definition) is 0. The maximum Gasteiger partial charge on any atom is 0.231 e. The predicted molar refractivity (Wildman–Crippen MR) is 103 cm³/mol. The van der Waals surface area contributed by atoms with E-state index in [1.165, 1.54) is 31.5 Å². The van der Waals surface area contributed by atoms with E-state index in [-0.39, 0.29) is 0 Å². The van der Waals surface area contributed by atoms with Gasteiger partial charge in [-0.3, -0.25) is 4.90 Å². The normalized spacial score (nSPS) is 32.2. The molecule has 1 aromatic carbocycles. The Morgan fingerprint density at radius 1 is 1.04 bits per heavy atom. The van der Waals surface area contributed by atoms with Crippen molar-refractivity contribution in [1.82, 2.24) is 9.88 Å². The van der Waals surface area contributed by atoms with Crippen molar-refractivity contribution < 1.29 is 9.47 Å². The molecule has 0 aliphatic carbocycles. The number of ether oxygens (including phenoxy) is 2. The molecule has 3 atom stereocenters. The molecular weight excluding hydrogens is 352 g/mol. The molecule has 0 saturated carbocycles. The molecule has 2 aromatic rings. The number of hydrogen-bond acceptors (Lipinski definition) is 6. The van der Waals surface area contributed by atoms with Crippen molar-refractivity contribution in [1.29, 1.82) is 5.26 Å². The number of aromatic nitrogens is 1. The molecule has 0 spiro atoms. The van der Waals surface area contributed by atoms with Crippen LogP contribution in [0.4, 0.5) is 5.82 Å². The minimum atomic E-state index is 0.306. The first-order valence-corrected chi connectivity index (χ1v) is 10.1. The van der Waals surface area contributed by atoms with Crippen LogP contribution in [0.25, 0.3) is 0 Å². The molecular formula is C22H22N4O2. The van der Waals surface area contributed by atoms with Crippen LogP contribution in [-0.2, 0) is 0 Å². The lowest BCUT2D eigenvalue weighted by Gasteiger charge is -2.51. The molecule has 2 bridgehead atoms. The van der Waals surface area contributed by atoms with Crippen molar-refractivity contribution in [3.05, 3.63) is 47.7 Å². The van der Waals surface area contributed by atoms with Gasteiger partial charge in [0.15, 0.2) is 11.5 Å². The third-order valence-corrected chi connectivity index (χ3v) is 6.96. The van der Waals surface area contributed by atoms with Crippen molar-refractivity contribution in [2.24, 2.45) is 5.92 Å². The summed E-state index contributed by atoms with van der Waals surface area (Å²) in [5.41, 5.74) is 1.80. The average molecular weight is 374 g/mol. The second-order valence-electron chi connectivity index (χ2n) is 8.22. The highest BCUT2D eigenvalue weighted by Gasteiger charge is 2.53. The highest BCUT2D eigenvalue weighted by molar-refractivity contribution is 5.51. The van der Waals surface area contributed by atoms with Crippen molar-refractivity contribution in [2.45, 2.75) is 30.8 Å². The molecule has 142 valence electrons. The summed E-state index contributed by atoms with van der Waals surface area (Å²) < 4.78 is 11.1. The monoisotopic (exact) mass is 374 g/mol. The standard InChI is InChI=1S/C22H22N4O2/c23-11-16-2-1-3-20(24-16)26-12-17(15-4-5-18-19(10-15)28-13-27-18)22-21(26)14-6-8-25(22)9-7-14/h1-5,10,14,17,21-22H,6-9,12-13H2/t17-,21+,22+/m0/s1. The lowest BCUT2D eigenvalue weighted by Crippen LogP contribution is -2.60. The van der Waals surface area contributed by atoms with Crippen LogP contribution in [-0.4, -0.2) is 48.4 Å². The van der Waals surface area contributed by atoms with Gasteiger partial charge in [-0.2, -0.15) is 5.26 Å². The summed E-state index contributed by atoms with van der Waals surface area (Å²) in [5.74, 6) is 3.72. The third-order valence-electron chi connectivity index (χ3n) is 6.96. The second kappa shape index (κ2) is 6.11. The number of anilines is 1. The predicted octanol–water partition coefficient (Wildman–Crippen LogP) is 2.75. The molecule has 28 heavy (non-hydrogen) atoms. The van der Waals surface area contributed by atoms with Gasteiger partial charge in [0.05, 0.1) is 0 Å². The Balaban J connectivity index is 1.42. The van der Waals surface area contributed by atoms with E-state index in [0.29, 0.717) is 36.4 Å².